The summed E-state index contributed by atoms with van der Waals surface area (Å²) >= 11 is 0. The number of esters is 1. The predicted octanol–water partition coefficient (Wildman–Crippen LogP) is 3.26. The number of carbonyl (C=O) groups excluding carboxylic acids is 3. The molecular formula is C23H32N2O4. The molecule has 2 amide bonds. The Morgan fingerprint density at radius 2 is 1.76 bits per heavy atom. The lowest BCUT2D eigenvalue weighted by molar-refractivity contribution is -0.147. The molecule has 2 rings (SSSR count). The van der Waals surface area contributed by atoms with E-state index in [-0.39, 0.29) is 30.4 Å². The lowest BCUT2D eigenvalue weighted by Gasteiger charge is -2.19. The van der Waals surface area contributed by atoms with Gasteiger partial charge in [0, 0.05) is 12.1 Å². The fourth-order valence-electron chi connectivity index (χ4n) is 3.12. The van der Waals surface area contributed by atoms with Gasteiger partial charge in [0.1, 0.15) is 6.54 Å². The topological polar surface area (TPSA) is 84.5 Å². The summed E-state index contributed by atoms with van der Waals surface area (Å²) in [6.07, 6.45) is 7.75. The largest absolute Gasteiger partial charge is 0.454 e. The lowest BCUT2D eigenvalue weighted by Crippen LogP contribution is -2.34. The van der Waals surface area contributed by atoms with Gasteiger partial charge >= 0.3 is 5.97 Å². The molecule has 1 aromatic carbocycles. The molecule has 6 nitrogen and oxygen atoms in total. The number of amides is 2. The van der Waals surface area contributed by atoms with Crippen LogP contribution in [-0.4, -0.2) is 37.5 Å². The summed E-state index contributed by atoms with van der Waals surface area (Å²) in [7, 11) is 0. The van der Waals surface area contributed by atoms with Gasteiger partial charge in [-0.05, 0) is 55.2 Å². The number of allylic oxidation sites excluding steroid dienone is 1. The van der Waals surface area contributed by atoms with Crippen molar-refractivity contribution in [2.75, 3.05) is 19.7 Å². The van der Waals surface area contributed by atoms with E-state index in [4.69, 9.17) is 4.74 Å². The highest BCUT2D eigenvalue weighted by Crippen LogP contribution is 2.22. The Labute approximate surface area is 173 Å². The van der Waals surface area contributed by atoms with Gasteiger partial charge in [-0.25, -0.2) is 0 Å². The summed E-state index contributed by atoms with van der Waals surface area (Å²) in [5.74, 6) is -1.33. The maximum Gasteiger partial charge on any atom is 0.325 e. The van der Waals surface area contributed by atoms with E-state index in [1.807, 2.05) is 12.1 Å². The molecule has 1 aliphatic rings. The van der Waals surface area contributed by atoms with Gasteiger partial charge in [0.2, 0.25) is 0 Å². The van der Waals surface area contributed by atoms with Gasteiger partial charge in [0.25, 0.3) is 11.8 Å². The Kier molecular flexibility index (Phi) is 8.43. The van der Waals surface area contributed by atoms with Gasteiger partial charge in [-0.15, -0.1) is 0 Å². The summed E-state index contributed by atoms with van der Waals surface area (Å²) in [5, 5.41) is 5.26. The van der Waals surface area contributed by atoms with Gasteiger partial charge in [0.05, 0.1) is 0 Å². The second-order valence-corrected chi connectivity index (χ2v) is 8.38. The van der Waals surface area contributed by atoms with Crippen LogP contribution in [-0.2, 0) is 19.7 Å². The van der Waals surface area contributed by atoms with Crippen LogP contribution in [0.25, 0.3) is 0 Å². The molecule has 158 valence electrons. The van der Waals surface area contributed by atoms with Crippen molar-refractivity contribution in [3.63, 3.8) is 0 Å². The third kappa shape index (κ3) is 8.10. The second kappa shape index (κ2) is 10.8. The molecule has 0 unspecified atom stereocenters. The molecule has 0 aliphatic heterocycles. The fourth-order valence-corrected chi connectivity index (χ4v) is 3.12. The molecule has 6 heteroatoms. The standard InChI is InChI=1S/C23H32N2O4/c1-23(2,3)19-11-9-18(10-12-19)22(28)25-15-21(27)29-16-20(26)24-14-13-17-7-5-4-6-8-17/h7,9-12H,4-6,8,13-16H2,1-3H3,(H,24,26)(H,25,28). The Balaban J connectivity index is 1.64. The average Bonchev–Trinajstić information content (AvgIpc) is 2.70. The van der Waals surface area contributed by atoms with E-state index < -0.39 is 5.97 Å². The van der Waals surface area contributed by atoms with Gasteiger partial charge in [-0.2, -0.15) is 0 Å². The lowest BCUT2D eigenvalue weighted by atomic mass is 9.87. The summed E-state index contributed by atoms with van der Waals surface area (Å²) in [6.45, 7) is 6.22. The van der Waals surface area contributed by atoms with Crippen molar-refractivity contribution in [2.24, 2.45) is 0 Å². The Bertz CT molecular complexity index is 745. The van der Waals surface area contributed by atoms with Crippen LogP contribution in [0.4, 0.5) is 0 Å². The predicted molar refractivity (Wildman–Crippen MR) is 113 cm³/mol. The van der Waals surface area contributed by atoms with Crippen molar-refractivity contribution in [2.45, 2.75) is 58.3 Å². The molecule has 0 saturated carbocycles. The second-order valence-electron chi connectivity index (χ2n) is 8.38. The van der Waals surface area contributed by atoms with E-state index in [0.29, 0.717) is 12.1 Å². The number of nitrogens with one attached hydrogen (secondary N) is 2. The smallest absolute Gasteiger partial charge is 0.325 e. The number of benzene rings is 1. The van der Waals surface area contributed by atoms with E-state index in [0.717, 1.165) is 24.8 Å². The Hall–Kier alpha value is -2.63. The summed E-state index contributed by atoms with van der Waals surface area (Å²) in [6, 6.07) is 7.27. The maximum atomic E-state index is 12.1. The van der Waals surface area contributed by atoms with Crippen LogP contribution in [0.5, 0.6) is 0 Å². The highest BCUT2D eigenvalue weighted by Gasteiger charge is 2.15. The van der Waals surface area contributed by atoms with Crippen LogP contribution in [0.2, 0.25) is 0 Å². The summed E-state index contributed by atoms with van der Waals surface area (Å²) in [4.78, 5) is 35.7. The zero-order chi connectivity index (χ0) is 21.3. The third-order valence-corrected chi connectivity index (χ3v) is 4.92. The Morgan fingerprint density at radius 3 is 2.38 bits per heavy atom. The molecule has 0 saturated heterocycles. The van der Waals surface area contributed by atoms with Crippen molar-refractivity contribution in [3.05, 3.63) is 47.0 Å². The SMILES string of the molecule is CC(C)(C)c1ccc(C(=O)NCC(=O)OCC(=O)NCCC2=CCCCC2)cc1. The van der Waals surface area contributed by atoms with Crippen LogP contribution in [0.15, 0.2) is 35.9 Å². The molecular weight excluding hydrogens is 368 g/mol. The van der Waals surface area contributed by atoms with Crippen LogP contribution >= 0.6 is 0 Å². The van der Waals surface area contributed by atoms with Crippen molar-refractivity contribution in [1.82, 2.24) is 10.6 Å². The number of rotatable bonds is 8. The first-order chi connectivity index (χ1) is 13.8. The van der Waals surface area contributed by atoms with Gasteiger partial charge in [-0.1, -0.05) is 44.6 Å². The van der Waals surface area contributed by atoms with Gasteiger partial charge < -0.3 is 15.4 Å². The van der Waals surface area contributed by atoms with E-state index in [9.17, 15) is 14.4 Å². The molecule has 0 aromatic heterocycles. The zero-order valence-electron chi connectivity index (χ0n) is 17.7. The molecule has 0 bridgehead atoms. The summed E-state index contributed by atoms with van der Waals surface area (Å²) in [5.41, 5.74) is 2.99. The minimum absolute atomic E-state index is 0.00668. The van der Waals surface area contributed by atoms with Crippen LogP contribution in [0.3, 0.4) is 0 Å². The maximum absolute atomic E-state index is 12.1. The van der Waals surface area contributed by atoms with Crippen LogP contribution < -0.4 is 10.6 Å². The molecule has 29 heavy (non-hydrogen) atoms. The van der Waals surface area contributed by atoms with Crippen molar-refractivity contribution < 1.29 is 19.1 Å². The molecule has 2 N–H and O–H groups in total. The minimum Gasteiger partial charge on any atom is -0.454 e. The van der Waals surface area contributed by atoms with Crippen LogP contribution in [0.1, 0.15) is 68.8 Å². The van der Waals surface area contributed by atoms with Crippen LogP contribution in [0, 0.1) is 0 Å². The molecule has 0 radical (unpaired) electrons. The van der Waals surface area contributed by atoms with Gasteiger partial charge in [0.15, 0.2) is 6.61 Å². The third-order valence-electron chi connectivity index (χ3n) is 4.92. The zero-order valence-corrected chi connectivity index (χ0v) is 17.7. The first kappa shape index (κ1) is 22.7. The molecule has 0 spiro atoms. The Morgan fingerprint density at radius 1 is 1.03 bits per heavy atom. The summed E-state index contributed by atoms with van der Waals surface area (Å²) < 4.78 is 4.92. The molecule has 1 aliphatic carbocycles. The van der Waals surface area contributed by atoms with Crippen molar-refractivity contribution in [3.8, 4) is 0 Å². The number of ether oxygens (including phenoxy) is 1. The number of hydrogen-bond donors (Lipinski definition) is 2. The fraction of sp³-hybridized carbons (Fsp3) is 0.522. The van der Waals surface area contributed by atoms with Gasteiger partial charge in [-0.3, -0.25) is 14.4 Å². The van der Waals surface area contributed by atoms with E-state index in [1.165, 1.54) is 18.4 Å². The molecule has 1 aromatic rings. The van der Waals surface area contributed by atoms with E-state index in [2.05, 4.69) is 37.5 Å². The first-order valence-electron chi connectivity index (χ1n) is 10.2. The highest BCUT2D eigenvalue weighted by atomic mass is 16.5. The quantitative estimate of drug-likeness (QED) is 0.518. The minimum atomic E-state index is -0.644. The van der Waals surface area contributed by atoms with E-state index >= 15 is 0 Å². The average molecular weight is 401 g/mol. The monoisotopic (exact) mass is 400 g/mol. The normalized spacial score (nSPS) is 14.0. The first-order valence-corrected chi connectivity index (χ1v) is 10.2. The van der Waals surface area contributed by atoms with Crippen molar-refractivity contribution in [1.29, 1.82) is 0 Å². The number of hydrogen-bond acceptors (Lipinski definition) is 4. The molecule has 0 heterocycles. The number of carbonyl (C=O) groups is 3. The van der Waals surface area contributed by atoms with E-state index in [1.54, 1.807) is 12.1 Å². The molecule has 0 atom stereocenters. The highest BCUT2D eigenvalue weighted by molar-refractivity contribution is 5.96. The molecule has 0 fully saturated rings. The van der Waals surface area contributed by atoms with Crippen molar-refractivity contribution >= 4 is 17.8 Å².